The number of hydrogen-bond acceptors (Lipinski definition) is 3. The van der Waals surface area contributed by atoms with Gasteiger partial charge in [-0.25, -0.2) is 0 Å². The minimum Gasteiger partial charge on any atom is -0.465 e. The zero-order chi connectivity index (χ0) is 11.5. The number of aromatic nitrogens is 1. The molecular weight excluding hydrogens is 224 g/mol. The quantitative estimate of drug-likeness (QED) is 0.892. The second-order valence-electron chi connectivity index (χ2n) is 3.73. The van der Waals surface area contributed by atoms with Gasteiger partial charge in [0.2, 0.25) is 0 Å². The molecule has 2 aromatic rings. The maximum atomic E-state index is 6.04. The first-order chi connectivity index (χ1) is 7.66. The fourth-order valence-electron chi connectivity index (χ4n) is 1.56. The van der Waals surface area contributed by atoms with Crippen LogP contribution in [-0.2, 0) is 6.42 Å². The predicted molar refractivity (Wildman–Crippen MR) is 63.3 cm³/mol. The summed E-state index contributed by atoms with van der Waals surface area (Å²) in [6.45, 7) is 1.90. The Morgan fingerprint density at radius 1 is 1.44 bits per heavy atom. The summed E-state index contributed by atoms with van der Waals surface area (Å²) in [5, 5.41) is 0.640. The Morgan fingerprint density at radius 2 is 2.25 bits per heavy atom. The largest absolute Gasteiger partial charge is 0.465 e. The van der Waals surface area contributed by atoms with Gasteiger partial charge in [0, 0.05) is 12.4 Å². The van der Waals surface area contributed by atoms with Crippen LogP contribution in [0.25, 0.3) is 0 Å². The summed E-state index contributed by atoms with van der Waals surface area (Å²) >= 11 is 6.01. The second-order valence-corrected chi connectivity index (χ2v) is 4.13. The highest BCUT2D eigenvalue weighted by atomic mass is 35.5. The van der Waals surface area contributed by atoms with E-state index < -0.39 is 0 Å². The first-order valence-corrected chi connectivity index (χ1v) is 5.45. The van der Waals surface area contributed by atoms with Gasteiger partial charge in [-0.15, -0.1) is 0 Å². The molecule has 84 valence electrons. The van der Waals surface area contributed by atoms with Crippen LogP contribution in [-0.4, -0.2) is 4.98 Å². The first-order valence-electron chi connectivity index (χ1n) is 5.07. The van der Waals surface area contributed by atoms with Crippen LogP contribution in [0.15, 0.2) is 35.0 Å². The van der Waals surface area contributed by atoms with Crippen molar-refractivity contribution < 1.29 is 4.42 Å². The summed E-state index contributed by atoms with van der Waals surface area (Å²) < 4.78 is 5.47. The summed E-state index contributed by atoms with van der Waals surface area (Å²) in [6.07, 6.45) is 3.98. The van der Waals surface area contributed by atoms with Crippen molar-refractivity contribution in [3.05, 3.63) is 52.7 Å². The maximum absolute atomic E-state index is 6.04. The van der Waals surface area contributed by atoms with Crippen LogP contribution in [0, 0.1) is 6.92 Å². The zero-order valence-electron chi connectivity index (χ0n) is 8.98. The maximum Gasteiger partial charge on any atom is 0.121 e. The number of pyridine rings is 1. The standard InChI is InChI=1S/C12H13ClN2O/c1-8-2-3-12(16-8)11(14)6-9-4-5-15-7-10(9)13/h2-5,7,11H,6,14H2,1H3. The minimum absolute atomic E-state index is 0.173. The summed E-state index contributed by atoms with van der Waals surface area (Å²) in [4.78, 5) is 3.93. The molecule has 0 bridgehead atoms. The first kappa shape index (κ1) is 11.2. The number of rotatable bonds is 3. The molecule has 0 radical (unpaired) electrons. The summed E-state index contributed by atoms with van der Waals surface area (Å²) in [5.41, 5.74) is 7.02. The molecule has 2 N–H and O–H groups in total. The highest BCUT2D eigenvalue weighted by molar-refractivity contribution is 6.31. The lowest BCUT2D eigenvalue weighted by atomic mass is 10.1. The zero-order valence-corrected chi connectivity index (χ0v) is 9.74. The van der Waals surface area contributed by atoms with E-state index in [1.165, 1.54) is 0 Å². The van der Waals surface area contributed by atoms with Gasteiger partial charge < -0.3 is 10.2 Å². The average Bonchev–Trinajstić information content (AvgIpc) is 2.68. The molecule has 1 unspecified atom stereocenters. The molecule has 1 atom stereocenters. The van der Waals surface area contributed by atoms with Crippen LogP contribution in [0.3, 0.4) is 0 Å². The minimum atomic E-state index is -0.173. The van der Waals surface area contributed by atoms with Crippen LogP contribution in [0.2, 0.25) is 5.02 Å². The Hall–Kier alpha value is -1.32. The van der Waals surface area contributed by atoms with Gasteiger partial charge in [-0.1, -0.05) is 11.6 Å². The molecule has 0 aromatic carbocycles. The molecule has 0 aliphatic rings. The monoisotopic (exact) mass is 236 g/mol. The van der Waals surface area contributed by atoms with Gasteiger partial charge in [-0.2, -0.15) is 0 Å². The topological polar surface area (TPSA) is 52.0 Å². The lowest BCUT2D eigenvalue weighted by Crippen LogP contribution is -2.12. The van der Waals surface area contributed by atoms with E-state index in [2.05, 4.69) is 4.98 Å². The molecule has 0 fully saturated rings. The SMILES string of the molecule is Cc1ccc(C(N)Cc2ccncc2Cl)o1. The van der Waals surface area contributed by atoms with Gasteiger partial charge in [0.15, 0.2) is 0 Å². The lowest BCUT2D eigenvalue weighted by Gasteiger charge is -2.09. The Bertz CT molecular complexity index is 481. The Kier molecular flexibility index (Phi) is 3.27. The van der Waals surface area contributed by atoms with E-state index in [4.69, 9.17) is 21.8 Å². The van der Waals surface area contributed by atoms with E-state index in [9.17, 15) is 0 Å². The average molecular weight is 237 g/mol. The van der Waals surface area contributed by atoms with E-state index in [-0.39, 0.29) is 6.04 Å². The van der Waals surface area contributed by atoms with Gasteiger partial charge in [0.05, 0.1) is 11.1 Å². The number of nitrogens with two attached hydrogens (primary N) is 1. The molecule has 2 rings (SSSR count). The Balaban J connectivity index is 2.13. The van der Waals surface area contributed by atoms with Crippen molar-refractivity contribution in [2.75, 3.05) is 0 Å². The van der Waals surface area contributed by atoms with Crippen molar-refractivity contribution >= 4 is 11.6 Å². The van der Waals surface area contributed by atoms with Crippen molar-refractivity contribution in [1.82, 2.24) is 4.98 Å². The third-order valence-electron chi connectivity index (χ3n) is 2.42. The molecule has 4 heteroatoms. The predicted octanol–water partition coefficient (Wildman–Crippen LogP) is 2.88. The fraction of sp³-hybridized carbons (Fsp3) is 0.250. The van der Waals surface area contributed by atoms with Gasteiger partial charge in [-0.05, 0) is 37.1 Å². The third kappa shape index (κ3) is 2.43. The molecular formula is C12H13ClN2O. The Labute approximate surface area is 99.2 Å². The number of halogens is 1. The van der Waals surface area contributed by atoms with Gasteiger partial charge >= 0.3 is 0 Å². The van der Waals surface area contributed by atoms with Crippen LogP contribution in [0.1, 0.15) is 23.1 Å². The highest BCUT2D eigenvalue weighted by Gasteiger charge is 2.12. The highest BCUT2D eigenvalue weighted by Crippen LogP contribution is 2.22. The molecule has 16 heavy (non-hydrogen) atoms. The number of nitrogens with zero attached hydrogens (tertiary/aromatic N) is 1. The van der Waals surface area contributed by atoms with Crippen LogP contribution < -0.4 is 5.73 Å². The molecule has 0 spiro atoms. The summed E-state index contributed by atoms with van der Waals surface area (Å²) in [6, 6.07) is 5.50. The molecule has 2 aromatic heterocycles. The Morgan fingerprint density at radius 3 is 2.88 bits per heavy atom. The molecule has 0 saturated heterocycles. The summed E-state index contributed by atoms with van der Waals surface area (Å²) in [7, 11) is 0. The van der Waals surface area contributed by atoms with Gasteiger partial charge in [0.1, 0.15) is 11.5 Å². The van der Waals surface area contributed by atoms with E-state index in [1.54, 1.807) is 12.4 Å². The molecule has 0 aliphatic heterocycles. The van der Waals surface area contributed by atoms with Crippen LogP contribution in [0.5, 0.6) is 0 Å². The van der Waals surface area contributed by atoms with Crippen LogP contribution in [0.4, 0.5) is 0 Å². The third-order valence-corrected chi connectivity index (χ3v) is 2.76. The van der Waals surface area contributed by atoms with E-state index in [1.807, 2.05) is 25.1 Å². The van der Waals surface area contributed by atoms with Gasteiger partial charge in [0.25, 0.3) is 0 Å². The molecule has 0 aliphatic carbocycles. The van der Waals surface area contributed by atoms with Crippen molar-refractivity contribution in [3.63, 3.8) is 0 Å². The van der Waals surface area contributed by atoms with Crippen molar-refractivity contribution in [2.24, 2.45) is 5.73 Å². The number of furan rings is 1. The molecule has 3 nitrogen and oxygen atoms in total. The van der Waals surface area contributed by atoms with Crippen molar-refractivity contribution in [3.8, 4) is 0 Å². The number of hydrogen-bond donors (Lipinski definition) is 1. The second kappa shape index (κ2) is 4.68. The molecule has 2 heterocycles. The van der Waals surface area contributed by atoms with Gasteiger partial charge in [-0.3, -0.25) is 4.98 Å². The number of aryl methyl sites for hydroxylation is 1. The lowest BCUT2D eigenvalue weighted by molar-refractivity contribution is 0.445. The molecule has 0 saturated carbocycles. The fourth-order valence-corrected chi connectivity index (χ4v) is 1.76. The smallest absolute Gasteiger partial charge is 0.121 e. The molecule has 0 amide bonds. The van der Waals surface area contributed by atoms with E-state index in [0.29, 0.717) is 11.4 Å². The van der Waals surface area contributed by atoms with Crippen molar-refractivity contribution in [1.29, 1.82) is 0 Å². The van der Waals surface area contributed by atoms with Crippen LogP contribution >= 0.6 is 11.6 Å². The normalized spacial score (nSPS) is 12.7. The van der Waals surface area contributed by atoms with Crippen molar-refractivity contribution in [2.45, 2.75) is 19.4 Å². The van der Waals surface area contributed by atoms with E-state index in [0.717, 1.165) is 17.1 Å². The summed E-state index contributed by atoms with van der Waals surface area (Å²) in [5.74, 6) is 1.65. The van der Waals surface area contributed by atoms with E-state index >= 15 is 0 Å².